The van der Waals surface area contributed by atoms with Crippen LogP contribution in [0.3, 0.4) is 0 Å². The van der Waals surface area contributed by atoms with Crippen LogP contribution in [0.5, 0.6) is 5.75 Å². The van der Waals surface area contributed by atoms with E-state index in [1.54, 1.807) is 6.07 Å². The highest BCUT2D eigenvalue weighted by molar-refractivity contribution is 5.88. The van der Waals surface area contributed by atoms with Crippen molar-refractivity contribution in [1.82, 2.24) is 0 Å². The molecule has 0 spiro atoms. The van der Waals surface area contributed by atoms with Crippen LogP contribution in [0.2, 0.25) is 0 Å². The molecule has 0 aliphatic carbocycles. The van der Waals surface area contributed by atoms with Crippen LogP contribution in [-0.2, 0) is 6.42 Å². The van der Waals surface area contributed by atoms with Gasteiger partial charge in [0.2, 0.25) is 0 Å². The van der Waals surface area contributed by atoms with E-state index in [0.29, 0.717) is 5.75 Å². The fraction of sp³-hybridized carbons (Fsp3) is 0.300. The number of aliphatic imine (C=N–C) groups is 1. The first-order chi connectivity index (χ1) is 5.77. The van der Waals surface area contributed by atoms with Gasteiger partial charge in [-0.25, -0.2) is 0 Å². The number of aromatic hydroxyl groups is 1. The number of nitrogens with zero attached hydrogens (tertiary/aromatic N) is 1. The minimum Gasteiger partial charge on any atom is -0.506 e. The molecule has 0 unspecified atom stereocenters. The number of benzene rings is 1. The summed E-state index contributed by atoms with van der Waals surface area (Å²) in [5, 5.41) is 9.47. The maximum atomic E-state index is 9.47. The summed E-state index contributed by atoms with van der Waals surface area (Å²) in [7, 11) is 0. The van der Waals surface area contributed by atoms with Crippen LogP contribution in [-0.4, -0.2) is 10.8 Å². The SMILES string of the molecule is CC1=Nc2c(O)cccc2CC1. The van der Waals surface area contributed by atoms with Crippen LogP contribution < -0.4 is 0 Å². The maximum absolute atomic E-state index is 9.47. The Hall–Kier alpha value is -1.31. The summed E-state index contributed by atoms with van der Waals surface area (Å²) >= 11 is 0. The third-order valence-electron chi connectivity index (χ3n) is 2.16. The summed E-state index contributed by atoms with van der Waals surface area (Å²) in [5.74, 6) is 0.298. The average molecular weight is 161 g/mol. The van der Waals surface area contributed by atoms with Gasteiger partial charge in [-0.3, -0.25) is 4.99 Å². The van der Waals surface area contributed by atoms with Gasteiger partial charge in [0.15, 0.2) is 0 Å². The molecule has 0 bridgehead atoms. The first kappa shape index (κ1) is 7.35. The number of phenols is 1. The average Bonchev–Trinajstić information content (AvgIpc) is 2.07. The molecule has 0 saturated carbocycles. The monoisotopic (exact) mass is 161 g/mol. The molecule has 1 heterocycles. The Morgan fingerprint density at radius 1 is 1.33 bits per heavy atom. The standard InChI is InChI=1S/C10H11NO/c1-7-5-6-8-3-2-4-9(12)10(8)11-7/h2-4,12H,5-6H2,1H3. The molecule has 2 heteroatoms. The lowest BCUT2D eigenvalue weighted by Crippen LogP contribution is -2.01. The molecule has 1 N–H and O–H groups in total. The van der Waals surface area contributed by atoms with E-state index in [2.05, 4.69) is 4.99 Å². The minimum absolute atomic E-state index is 0.298. The Labute approximate surface area is 71.6 Å². The molecule has 0 amide bonds. The second-order valence-electron chi connectivity index (χ2n) is 3.13. The predicted molar refractivity (Wildman–Crippen MR) is 49.2 cm³/mol. The summed E-state index contributed by atoms with van der Waals surface area (Å²) in [6.07, 6.45) is 2.01. The number of hydrogen-bond donors (Lipinski definition) is 1. The smallest absolute Gasteiger partial charge is 0.141 e. The first-order valence-electron chi connectivity index (χ1n) is 4.12. The lowest BCUT2D eigenvalue weighted by Gasteiger charge is -2.13. The zero-order chi connectivity index (χ0) is 8.55. The fourth-order valence-corrected chi connectivity index (χ4v) is 1.47. The predicted octanol–water partition coefficient (Wildman–Crippen LogP) is 2.43. The second-order valence-corrected chi connectivity index (χ2v) is 3.13. The molecule has 0 fully saturated rings. The summed E-state index contributed by atoms with van der Waals surface area (Å²) in [6, 6.07) is 5.57. The molecule has 1 aliphatic rings. The normalized spacial score (nSPS) is 15.2. The third-order valence-corrected chi connectivity index (χ3v) is 2.16. The summed E-state index contributed by atoms with van der Waals surface area (Å²) in [6.45, 7) is 2.00. The van der Waals surface area contributed by atoms with Crippen molar-refractivity contribution < 1.29 is 5.11 Å². The Kier molecular flexibility index (Phi) is 1.61. The molecule has 1 aromatic rings. The van der Waals surface area contributed by atoms with Crippen LogP contribution in [0.1, 0.15) is 18.9 Å². The number of hydrogen-bond acceptors (Lipinski definition) is 2. The Morgan fingerprint density at radius 2 is 2.17 bits per heavy atom. The Morgan fingerprint density at radius 3 is 3.00 bits per heavy atom. The summed E-state index contributed by atoms with van der Waals surface area (Å²) in [5.41, 5.74) is 3.02. The van der Waals surface area contributed by atoms with Gasteiger partial charge < -0.3 is 5.11 Å². The first-order valence-corrected chi connectivity index (χ1v) is 4.12. The molecule has 0 aromatic heterocycles. The lowest BCUT2D eigenvalue weighted by atomic mass is 10.0. The van der Waals surface area contributed by atoms with E-state index < -0.39 is 0 Å². The molecule has 1 aromatic carbocycles. The van der Waals surface area contributed by atoms with Crippen LogP contribution in [0.25, 0.3) is 0 Å². The van der Waals surface area contributed by atoms with Gasteiger partial charge in [0.05, 0.1) is 0 Å². The molecule has 12 heavy (non-hydrogen) atoms. The minimum atomic E-state index is 0.298. The highest BCUT2D eigenvalue weighted by atomic mass is 16.3. The number of para-hydroxylation sites is 1. The van der Waals surface area contributed by atoms with Crippen molar-refractivity contribution in [2.24, 2.45) is 4.99 Å². The van der Waals surface area contributed by atoms with Crippen molar-refractivity contribution in [2.45, 2.75) is 19.8 Å². The van der Waals surface area contributed by atoms with Crippen molar-refractivity contribution in [3.8, 4) is 5.75 Å². The van der Waals surface area contributed by atoms with Crippen molar-refractivity contribution in [1.29, 1.82) is 0 Å². The third kappa shape index (κ3) is 1.09. The number of fused-ring (bicyclic) bond motifs is 1. The van der Waals surface area contributed by atoms with Crippen molar-refractivity contribution >= 4 is 11.4 Å². The zero-order valence-corrected chi connectivity index (χ0v) is 7.04. The van der Waals surface area contributed by atoms with Crippen LogP contribution in [0.15, 0.2) is 23.2 Å². The van der Waals surface area contributed by atoms with Gasteiger partial charge in [-0.1, -0.05) is 12.1 Å². The number of aryl methyl sites for hydroxylation is 1. The Balaban J connectivity index is 2.59. The van der Waals surface area contributed by atoms with E-state index >= 15 is 0 Å². The fourth-order valence-electron chi connectivity index (χ4n) is 1.47. The van der Waals surface area contributed by atoms with E-state index in [4.69, 9.17) is 0 Å². The van der Waals surface area contributed by atoms with E-state index in [0.717, 1.165) is 29.8 Å². The maximum Gasteiger partial charge on any atom is 0.141 e. The molecular weight excluding hydrogens is 150 g/mol. The largest absolute Gasteiger partial charge is 0.506 e. The van der Waals surface area contributed by atoms with E-state index in [1.165, 1.54) is 0 Å². The van der Waals surface area contributed by atoms with E-state index in [-0.39, 0.29) is 0 Å². The van der Waals surface area contributed by atoms with E-state index in [9.17, 15) is 5.11 Å². The summed E-state index contributed by atoms with van der Waals surface area (Å²) in [4.78, 5) is 4.31. The number of phenolic OH excluding ortho intramolecular Hbond substituents is 1. The highest BCUT2D eigenvalue weighted by Crippen LogP contribution is 2.34. The van der Waals surface area contributed by atoms with Gasteiger partial charge in [-0.05, 0) is 31.4 Å². The van der Waals surface area contributed by atoms with Crippen LogP contribution in [0.4, 0.5) is 5.69 Å². The quantitative estimate of drug-likeness (QED) is 0.622. The van der Waals surface area contributed by atoms with Crippen molar-refractivity contribution in [3.05, 3.63) is 23.8 Å². The van der Waals surface area contributed by atoms with Crippen LogP contribution in [0, 0.1) is 0 Å². The molecular formula is C10H11NO. The molecule has 0 radical (unpaired) electrons. The van der Waals surface area contributed by atoms with E-state index in [1.807, 2.05) is 19.1 Å². The zero-order valence-electron chi connectivity index (χ0n) is 7.04. The van der Waals surface area contributed by atoms with Gasteiger partial charge >= 0.3 is 0 Å². The van der Waals surface area contributed by atoms with Gasteiger partial charge in [0.25, 0.3) is 0 Å². The molecule has 2 nitrogen and oxygen atoms in total. The molecule has 0 saturated heterocycles. The highest BCUT2D eigenvalue weighted by Gasteiger charge is 2.11. The lowest BCUT2D eigenvalue weighted by molar-refractivity contribution is 0.476. The molecule has 2 rings (SSSR count). The Bertz CT molecular complexity index is 342. The van der Waals surface area contributed by atoms with Crippen LogP contribution >= 0.6 is 0 Å². The van der Waals surface area contributed by atoms with Gasteiger partial charge in [-0.15, -0.1) is 0 Å². The van der Waals surface area contributed by atoms with Gasteiger partial charge in [-0.2, -0.15) is 0 Å². The molecule has 62 valence electrons. The van der Waals surface area contributed by atoms with Crippen molar-refractivity contribution in [3.63, 3.8) is 0 Å². The van der Waals surface area contributed by atoms with Gasteiger partial charge in [0, 0.05) is 5.71 Å². The topological polar surface area (TPSA) is 32.6 Å². The second kappa shape index (κ2) is 2.63. The van der Waals surface area contributed by atoms with Crippen molar-refractivity contribution in [2.75, 3.05) is 0 Å². The summed E-state index contributed by atoms with van der Waals surface area (Å²) < 4.78 is 0. The number of rotatable bonds is 0. The van der Waals surface area contributed by atoms with Gasteiger partial charge in [0.1, 0.15) is 11.4 Å². The molecule has 1 aliphatic heterocycles. The molecule has 0 atom stereocenters.